The molecule has 5 nitrogen and oxygen atoms in total. The number of aryl methyl sites for hydroxylation is 1. The Morgan fingerprint density at radius 2 is 2.23 bits per heavy atom. The third-order valence-corrected chi connectivity index (χ3v) is 4.74. The molecule has 1 N–H and O–H groups in total. The van der Waals surface area contributed by atoms with Gasteiger partial charge < -0.3 is 9.88 Å². The second-order valence-electron chi connectivity index (χ2n) is 6.69. The van der Waals surface area contributed by atoms with E-state index in [9.17, 15) is 4.79 Å². The van der Waals surface area contributed by atoms with Gasteiger partial charge in [0.05, 0.1) is 0 Å². The maximum Gasteiger partial charge on any atom is 0.243 e. The number of hydrogen-bond donors (Lipinski definition) is 1. The molecule has 1 aliphatic carbocycles. The van der Waals surface area contributed by atoms with E-state index in [-0.39, 0.29) is 5.91 Å². The molecule has 1 unspecified atom stereocenters. The molecule has 0 spiro atoms. The molecular formula is C17H26N4O. The molecule has 120 valence electrons. The van der Waals surface area contributed by atoms with Gasteiger partial charge >= 0.3 is 0 Å². The second kappa shape index (κ2) is 7.07. The molecule has 1 aliphatic heterocycles. The minimum absolute atomic E-state index is 0.0414. The molecule has 2 aliphatic rings. The molecule has 1 aromatic heterocycles. The summed E-state index contributed by atoms with van der Waals surface area (Å²) in [5.41, 5.74) is 1.29. The van der Waals surface area contributed by atoms with Crippen LogP contribution in [0.2, 0.25) is 0 Å². The van der Waals surface area contributed by atoms with E-state index in [1.165, 1.54) is 31.3 Å². The highest BCUT2D eigenvalue weighted by atomic mass is 16.1. The smallest absolute Gasteiger partial charge is 0.243 e. The first-order valence-corrected chi connectivity index (χ1v) is 8.60. The molecule has 0 radical (unpaired) electrons. The van der Waals surface area contributed by atoms with Gasteiger partial charge in [-0.3, -0.25) is 4.79 Å². The monoisotopic (exact) mass is 302 g/mol. The van der Waals surface area contributed by atoms with Crippen LogP contribution in [0.3, 0.4) is 0 Å². The molecule has 3 rings (SSSR count). The molecule has 0 bridgehead atoms. The van der Waals surface area contributed by atoms with Crippen molar-refractivity contribution < 1.29 is 4.79 Å². The first kappa shape index (κ1) is 15.3. The number of carbonyl (C=O) groups is 1. The van der Waals surface area contributed by atoms with Gasteiger partial charge in [0.2, 0.25) is 5.91 Å². The molecular weight excluding hydrogens is 276 g/mol. The molecule has 5 heteroatoms. The summed E-state index contributed by atoms with van der Waals surface area (Å²) in [6.07, 6.45) is 10.6. The summed E-state index contributed by atoms with van der Waals surface area (Å²) in [6.45, 7) is 3.90. The summed E-state index contributed by atoms with van der Waals surface area (Å²) in [5, 5.41) is 11.6. The topological polar surface area (TPSA) is 59.8 Å². The lowest BCUT2D eigenvalue weighted by molar-refractivity contribution is -0.116. The highest BCUT2D eigenvalue weighted by Gasteiger charge is 2.16. The zero-order chi connectivity index (χ0) is 15.4. The van der Waals surface area contributed by atoms with E-state index >= 15 is 0 Å². The minimum Gasteiger partial charge on any atom is -0.352 e. The van der Waals surface area contributed by atoms with Crippen molar-refractivity contribution >= 4 is 5.91 Å². The zero-order valence-electron chi connectivity index (χ0n) is 13.5. The van der Waals surface area contributed by atoms with Crippen LogP contribution in [0.5, 0.6) is 0 Å². The Bertz CT molecular complexity index is 561. The van der Waals surface area contributed by atoms with E-state index in [0.717, 1.165) is 49.8 Å². The lowest BCUT2D eigenvalue weighted by Gasteiger charge is -2.07. The molecule has 1 fully saturated rings. The van der Waals surface area contributed by atoms with Crippen molar-refractivity contribution in [2.45, 2.75) is 64.8 Å². The molecule has 1 atom stereocenters. The average molecular weight is 302 g/mol. The van der Waals surface area contributed by atoms with Crippen LogP contribution >= 0.6 is 0 Å². The van der Waals surface area contributed by atoms with Gasteiger partial charge in [-0.2, -0.15) is 0 Å². The molecule has 0 saturated heterocycles. The number of nitrogens with zero attached hydrogens (tertiary/aromatic N) is 3. The van der Waals surface area contributed by atoms with Crippen LogP contribution in [0.1, 0.15) is 57.1 Å². The van der Waals surface area contributed by atoms with E-state index < -0.39 is 0 Å². The Hall–Kier alpha value is -1.65. The summed E-state index contributed by atoms with van der Waals surface area (Å²) < 4.78 is 2.25. The van der Waals surface area contributed by atoms with E-state index in [4.69, 9.17) is 0 Å². The Labute approximate surface area is 132 Å². The predicted octanol–water partition coefficient (Wildman–Crippen LogP) is 2.41. The van der Waals surface area contributed by atoms with Gasteiger partial charge in [0.25, 0.3) is 0 Å². The van der Waals surface area contributed by atoms with Crippen LogP contribution in [0, 0.1) is 5.92 Å². The molecule has 1 saturated carbocycles. The number of aromatic nitrogens is 3. The average Bonchev–Trinajstić information content (AvgIpc) is 2.98. The Kier molecular flexibility index (Phi) is 4.90. The fraction of sp³-hybridized carbons (Fsp3) is 0.706. The van der Waals surface area contributed by atoms with Gasteiger partial charge in [0, 0.05) is 32.0 Å². The predicted molar refractivity (Wildman–Crippen MR) is 85.4 cm³/mol. The lowest BCUT2D eigenvalue weighted by Crippen LogP contribution is -2.25. The van der Waals surface area contributed by atoms with Gasteiger partial charge in [-0.15, -0.1) is 10.2 Å². The van der Waals surface area contributed by atoms with Crippen molar-refractivity contribution in [3.05, 3.63) is 23.3 Å². The fourth-order valence-electron chi connectivity index (χ4n) is 3.48. The Balaban J connectivity index is 1.49. The number of carbonyl (C=O) groups excluding carboxylic acids is 1. The second-order valence-corrected chi connectivity index (χ2v) is 6.69. The maximum absolute atomic E-state index is 11.9. The highest BCUT2D eigenvalue weighted by molar-refractivity contribution is 5.88. The number of nitrogens with one attached hydrogen (secondary N) is 1. The number of fused-ring (bicyclic) bond motifs is 1. The minimum atomic E-state index is 0.0414. The number of amides is 1. The van der Waals surface area contributed by atoms with Crippen LogP contribution in [-0.2, 0) is 24.2 Å². The van der Waals surface area contributed by atoms with E-state index in [0.29, 0.717) is 6.54 Å². The van der Waals surface area contributed by atoms with Gasteiger partial charge in [0.1, 0.15) is 11.6 Å². The zero-order valence-corrected chi connectivity index (χ0v) is 13.5. The summed E-state index contributed by atoms with van der Waals surface area (Å²) in [5.74, 6) is 2.89. The van der Waals surface area contributed by atoms with E-state index in [1.54, 1.807) is 6.08 Å². The summed E-state index contributed by atoms with van der Waals surface area (Å²) >= 11 is 0. The quantitative estimate of drug-likeness (QED) is 0.869. The standard InChI is InChI=1S/C17H26N4O/c1-13-6-7-14(11-13)12-17(22)18-9-8-16-20-19-15-5-3-2-4-10-21(15)16/h12-13H,2-11H2,1H3,(H,18,22)/b14-12+. The van der Waals surface area contributed by atoms with Crippen molar-refractivity contribution in [3.63, 3.8) is 0 Å². The van der Waals surface area contributed by atoms with E-state index in [1.807, 2.05) is 0 Å². The molecule has 2 heterocycles. The van der Waals surface area contributed by atoms with Crippen molar-refractivity contribution in [2.75, 3.05) is 6.54 Å². The van der Waals surface area contributed by atoms with Crippen molar-refractivity contribution in [1.29, 1.82) is 0 Å². The SMILES string of the molecule is CC1CC/C(=C\C(=O)NCCc2nnc3n2CCCCC3)C1. The van der Waals surface area contributed by atoms with Crippen LogP contribution in [-0.4, -0.2) is 27.2 Å². The van der Waals surface area contributed by atoms with Crippen LogP contribution in [0.25, 0.3) is 0 Å². The first-order chi connectivity index (χ1) is 10.7. The normalized spacial score (nSPS) is 23.3. The van der Waals surface area contributed by atoms with Gasteiger partial charge in [0.15, 0.2) is 0 Å². The molecule has 22 heavy (non-hydrogen) atoms. The third kappa shape index (κ3) is 3.76. The fourth-order valence-corrected chi connectivity index (χ4v) is 3.48. The third-order valence-electron chi connectivity index (χ3n) is 4.74. The summed E-state index contributed by atoms with van der Waals surface area (Å²) in [7, 11) is 0. The van der Waals surface area contributed by atoms with Crippen molar-refractivity contribution in [1.82, 2.24) is 20.1 Å². The Morgan fingerprint density at radius 3 is 3.05 bits per heavy atom. The highest BCUT2D eigenvalue weighted by Crippen LogP contribution is 2.29. The maximum atomic E-state index is 11.9. The number of allylic oxidation sites excluding steroid dienone is 1. The Morgan fingerprint density at radius 1 is 1.32 bits per heavy atom. The first-order valence-electron chi connectivity index (χ1n) is 8.60. The van der Waals surface area contributed by atoms with Crippen LogP contribution < -0.4 is 5.32 Å². The molecule has 1 aromatic rings. The van der Waals surface area contributed by atoms with Crippen molar-refractivity contribution in [3.8, 4) is 0 Å². The van der Waals surface area contributed by atoms with E-state index in [2.05, 4.69) is 27.0 Å². The van der Waals surface area contributed by atoms with Crippen LogP contribution in [0.15, 0.2) is 11.6 Å². The largest absolute Gasteiger partial charge is 0.352 e. The number of rotatable bonds is 4. The number of hydrogen-bond acceptors (Lipinski definition) is 3. The summed E-state index contributed by atoms with van der Waals surface area (Å²) in [6, 6.07) is 0. The van der Waals surface area contributed by atoms with Gasteiger partial charge in [-0.1, -0.05) is 18.9 Å². The van der Waals surface area contributed by atoms with Gasteiger partial charge in [-0.25, -0.2) is 0 Å². The van der Waals surface area contributed by atoms with Crippen LogP contribution in [0.4, 0.5) is 0 Å². The molecule has 0 aromatic carbocycles. The van der Waals surface area contributed by atoms with Gasteiger partial charge in [-0.05, 0) is 38.0 Å². The lowest BCUT2D eigenvalue weighted by atomic mass is 10.1. The summed E-state index contributed by atoms with van der Waals surface area (Å²) in [4.78, 5) is 11.9. The van der Waals surface area contributed by atoms with Crippen molar-refractivity contribution in [2.24, 2.45) is 5.92 Å². The molecule has 1 amide bonds.